The normalized spacial score (nSPS) is 22.8. The second-order valence-electron chi connectivity index (χ2n) is 9.24. The summed E-state index contributed by atoms with van der Waals surface area (Å²) in [5.74, 6) is -1.50. The summed E-state index contributed by atoms with van der Waals surface area (Å²) in [5.41, 5.74) is -0.662. The number of sulfonamides is 2. The van der Waals surface area contributed by atoms with Crippen molar-refractivity contribution >= 4 is 61.9 Å². The Kier molecular flexibility index (Phi) is 8.52. The Labute approximate surface area is 236 Å². The van der Waals surface area contributed by atoms with E-state index >= 15 is 0 Å². The van der Waals surface area contributed by atoms with Gasteiger partial charge in [-0.15, -0.1) is 0 Å². The number of esters is 2. The lowest BCUT2D eigenvalue weighted by Crippen LogP contribution is -2.54. The van der Waals surface area contributed by atoms with Crippen molar-refractivity contribution in [2.75, 3.05) is 17.6 Å². The van der Waals surface area contributed by atoms with Crippen LogP contribution < -0.4 is 25.2 Å². The first-order valence-corrected chi connectivity index (χ1v) is 15.8. The Hall–Kier alpha value is -2.40. The standard InChI is InChI=1S/C23H27ClN4O8S3/c1-13(12-37)21(29)35-22(30)23(7-2-8-26-23)36-15-5-3-14(4-6-15)9-20-27-17-10-16(24)18(38(25,31)32)11-19(17)39(33,34)28-20/h3-6,10-11,13,20,26-28,37H,2,7-9,12H2,1H3,(H2,25,31,32)/t13?,20?,23-/m1/s1. The van der Waals surface area contributed by atoms with Crippen molar-refractivity contribution < 1.29 is 35.9 Å². The molecule has 0 bridgehead atoms. The number of anilines is 1. The van der Waals surface area contributed by atoms with E-state index in [2.05, 4.69) is 28.0 Å². The van der Waals surface area contributed by atoms with Crippen molar-refractivity contribution in [1.29, 1.82) is 0 Å². The van der Waals surface area contributed by atoms with Crippen LogP contribution in [0.25, 0.3) is 0 Å². The van der Waals surface area contributed by atoms with Gasteiger partial charge in [-0.25, -0.2) is 26.8 Å². The molecule has 1 saturated heterocycles. The quantitative estimate of drug-likeness (QED) is 0.164. The van der Waals surface area contributed by atoms with Crippen molar-refractivity contribution in [3.8, 4) is 5.75 Å². The van der Waals surface area contributed by atoms with Gasteiger partial charge in [0.25, 0.3) is 5.72 Å². The first-order chi connectivity index (χ1) is 18.2. The first-order valence-electron chi connectivity index (χ1n) is 11.8. The van der Waals surface area contributed by atoms with E-state index in [1.165, 1.54) is 6.07 Å². The summed E-state index contributed by atoms with van der Waals surface area (Å²) in [6, 6.07) is 8.73. The van der Waals surface area contributed by atoms with Gasteiger partial charge in [-0.05, 0) is 42.8 Å². The fourth-order valence-electron chi connectivity index (χ4n) is 4.15. The number of fused-ring (bicyclic) bond motifs is 1. The highest BCUT2D eigenvalue weighted by Crippen LogP contribution is 2.34. The molecule has 0 saturated carbocycles. The lowest BCUT2D eigenvalue weighted by Gasteiger charge is -2.29. The zero-order chi connectivity index (χ0) is 28.6. The molecule has 0 radical (unpaired) electrons. The second-order valence-corrected chi connectivity index (χ2v) is 13.2. The molecular weight excluding hydrogens is 592 g/mol. The molecule has 4 rings (SSSR count). The molecule has 2 heterocycles. The number of rotatable bonds is 8. The van der Waals surface area contributed by atoms with E-state index in [1.54, 1.807) is 31.2 Å². The lowest BCUT2D eigenvalue weighted by molar-refractivity contribution is -0.174. The van der Waals surface area contributed by atoms with Gasteiger partial charge in [-0.3, -0.25) is 10.1 Å². The fraction of sp³-hybridized carbons (Fsp3) is 0.391. The van der Waals surface area contributed by atoms with Gasteiger partial charge < -0.3 is 14.8 Å². The molecule has 0 aromatic heterocycles. The van der Waals surface area contributed by atoms with E-state index in [0.29, 0.717) is 30.7 Å². The molecule has 5 N–H and O–H groups in total. The molecule has 2 unspecified atom stereocenters. The van der Waals surface area contributed by atoms with E-state index in [-0.39, 0.29) is 27.8 Å². The molecule has 12 nitrogen and oxygen atoms in total. The zero-order valence-corrected chi connectivity index (χ0v) is 23.9. The van der Waals surface area contributed by atoms with Crippen LogP contribution in [-0.2, 0) is 40.8 Å². The van der Waals surface area contributed by atoms with E-state index in [1.807, 2.05) is 0 Å². The maximum atomic E-state index is 12.8. The van der Waals surface area contributed by atoms with Crippen LogP contribution in [0.5, 0.6) is 5.75 Å². The number of nitrogens with two attached hydrogens (primary N) is 1. The number of hydrogen-bond acceptors (Lipinski definition) is 11. The molecule has 212 valence electrons. The minimum atomic E-state index is -4.23. The highest BCUT2D eigenvalue weighted by Gasteiger charge is 2.46. The van der Waals surface area contributed by atoms with Gasteiger partial charge in [-0.2, -0.15) is 17.4 Å². The van der Waals surface area contributed by atoms with Crippen LogP contribution in [-0.4, -0.2) is 53.0 Å². The van der Waals surface area contributed by atoms with Gasteiger partial charge in [0.2, 0.25) is 20.0 Å². The van der Waals surface area contributed by atoms with Gasteiger partial charge in [0.05, 0.1) is 22.8 Å². The Morgan fingerprint density at radius 2 is 1.95 bits per heavy atom. The molecular formula is C23H27ClN4O8S3. The first kappa shape index (κ1) is 29.6. The predicted octanol–water partition coefficient (Wildman–Crippen LogP) is 1.35. The minimum Gasteiger partial charge on any atom is -0.461 e. The van der Waals surface area contributed by atoms with Gasteiger partial charge in [0, 0.05) is 18.6 Å². The monoisotopic (exact) mass is 618 g/mol. The maximum absolute atomic E-state index is 12.8. The van der Waals surface area contributed by atoms with Crippen LogP contribution in [0.3, 0.4) is 0 Å². The molecule has 0 amide bonds. The van der Waals surface area contributed by atoms with Gasteiger partial charge in [-0.1, -0.05) is 30.7 Å². The maximum Gasteiger partial charge on any atom is 0.374 e. The highest BCUT2D eigenvalue weighted by molar-refractivity contribution is 7.90. The van der Waals surface area contributed by atoms with Crippen molar-refractivity contribution in [2.45, 2.75) is 47.9 Å². The number of primary sulfonamides is 1. The number of hydrogen-bond donors (Lipinski definition) is 5. The Balaban J connectivity index is 1.47. The molecule has 2 aliphatic rings. The molecule has 2 aromatic carbocycles. The number of carbonyl (C=O) groups is 2. The molecule has 3 atom stereocenters. The number of halogens is 1. The average molecular weight is 619 g/mol. The molecule has 0 aliphatic carbocycles. The summed E-state index contributed by atoms with van der Waals surface area (Å²) in [6.45, 7) is 2.11. The smallest absolute Gasteiger partial charge is 0.374 e. The van der Waals surface area contributed by atoms with Gasteiger partial charge >= 0.3 is 11.9 Å². The van der Waals surface area contributed by atoms with E-state index in [4.69, 9.17) is 26.2 Å². The third-order valence-electron chi connectivity index (χ3n) is 6.23. The molecule has 0 spiro atoms. The summed E-state index contributed by atoms with van der Waals surface area (Å²) in [5, 5.41) is 10.9. The average Bonchev–Trinajstić information content (AvgIpc) is 3.33. The molecule has 2 aromatic rings. The van der Waals surface area contributed by atoms with Crippen molar-refractivity contribution in [3.63, 3.8) is 0 Å². The highest BCUT2D eigenvalue weighted by atomic mass is 35.5. The van der Waals surface area contributed by atoms with Crippen LogP contribution in [0.15, 0.2) is 46.2 Å². The van der Waals surface area contributed by atoms with Crippen LogP contribution in [0.1, 0.15) is 25.3 Å². The Bertz CT molecular complexity index is 1490. The number of ether oxygens (including phenoxy) is 2. The van der Waals surface area contributed by atoms with E-state index in [0.717, 1.165) is 6.07 Å². The van der Waals surface area contributed by atoms with Gasteiger partial charge in [0.1, 0.15) is 15.5 Å². The van der Waals surface area contributed by atoms with Crippen LogP contribution >= 0.6 is 24.2 Å². The predicted molar refractivity (Wildman–Crippen MR) is 145 cm³/mol. The topological polar surface area (TPSA) is 183 Å². The number of nitrogens with one attached hydrogen (secondary N) is 3. The summed E-state index contributed by atoms with van der Waals surface area (Å²) < 4.78 is 62.6. The van der Waals surface area contributed by atoms with Crippen LogP contribution in [0.4, 0.5) is 5.69 Å². The fourth-order valence-corrected chi connectivity index (χ4v) is 6.79. The summed E-state index contributed by atoms with van der Waals surface area (Å²) >= 11 is 10.1. The number of carbonyl (C=O) groups excluding carboxylic acids is 2. The Morgan fingerprint density at radius 3 is 2.54 bits per heavy atom. The molecule has 16 heteroatoms. The van der Waals surface area contributed by atoms with E-state index in [9.17, 15) is 26.4 Å². The third-order valence-corrected chi connectivity index (χ3v) is 9.66. The van der Waals surface area contributed by atoms with E-state index < -0.39 is 54.7 Å². The SMILES string of the molecule is CC(CS)C(=O)OC(=O)[C@]1(Oc2ccc(CC3Nc4cc(Cl)c(S(N)(=O)=O)cc4S(=O)(=O)N3)cc2)CCCN1. The molecule has 2 aliphatic heterocycles. The van der Waals surface area contributed by atoms with Crippen molar-refractivity contribution in [3.05, 3.63) is 47.0 Å². The number of thiol groups is 1. The summed E-state index contributed by atoms with van der Waals surface area (Å²) in [7, 11) is -8.31. The lowest BCUT2D eigenvalue weighted by atomic mass is 10.1. The van der Waals surface area contributed by atoms with Crippen LogP contribution in [0, 0.1) is 5.92 Å². The van der Waals surface area contributed by atoms with Crippen molar-refractivity contribution in [2.24, 2.45) is 11.1 Å². The minimum absolute atomic E-state index is 0.130. The van der Waals surface area contributed by atoms with Crippen LogP contribution in [0.2, 0.25) is 5.02 Å². The Morgan fingerprint density at radius 1 is 1.26 bits per heavy atom. The largest absolute Gasteiger partial charge is 0.461 e. The van der Waals surface area contributed by atoms with Crippen molar-refractivity contribution in [1.82, 2.24) is 10.0 Å². The molecule has 1 fully saturated rings. The molecule has 39 heavy (non-hydrogen) atoms. The third kappa shape index (κ3) is 6.51. The summed E-state index contributed by atoms with van der Waals surface area (Å²) in [4.78, 5) is 24.1. The summed E-state index contributed by atoms with van der Waals surface area (Å²) in [6.07, 6.45) is 0.373. The van der Waals surface area contributed by atoms with Gasteiger partial charge in [0.15, 0.2) is 0 Å². The zero-order valence-electron chi connectivity index (χ0n) is 20.6. The second kappa shape index (κ2) is 11.2. The number of benzene rings is 2.